The average molecular weight is 328 g/mol. The van der Waals surface area contributed by atoms with Crippen molar-refractivity contribution in [3.63, 3.8) is 0 Å². The van der Waals surface area contributed by atoms with Crippen molar-refractivity contribution >= 4 is 34.1 Å². The standard InChI is InChI=1S/C18H18ClN3O/c19-14-8-7-13-11-17(22-16(13)12-14)18(23)21-10-4-9-20-15-5-2-1-3-6-15/h1-3,5-8,11-12,20,22H,4,9-10H2,(H,21,23). The molecular formula is C18H18ClN3O. The minimum absolute atomic E-state index is 0.1000. The Hall–Kier alpha value is -2.46. The van der Waals surface area contributed by atoms with Crippen molar-refractivity contribution in [1.29, 1.82) is 0 Å². The smallest absolute Gasteiger partial charge is 0.267 e. The van der Waals surface area contributed by atoms with Crippen LogP contribution in [0.15, 0.2) is 54.6 Å². The Morgan fingerprint density at radius 2 is 1.87 bits per heavy atom. The van der Waals surface area contributed by atoms with Crippen molar-refractivity contribution in [1.82, 2.24) is 10.3 Å². The first-order chi connectivity index (χ1) is 11.2. The van der Waals surface area contributed by atoms with Gasteiger partial charge in [0.05, 0.1) is 0 Å². The van der Waals surface area contributed by atoms with E-state index in [1.165, 1.54) is 0 Å². The maximum absolute atomic E-state index is 12.1. The lowest BCUT2D eigenvalue weighted by molar-refractivity contribution is 0.0949. The SMILES string of the molecule is O=C(NCCCNc1ccccc1)c1cc2ccc(Cl)cc2[nH]1. The lowest BCUT2D eigenvalue weighted by atomic mass is 10.2. The molecular weight excluding hydrogens is 310 g/mol. The van der Waals surface area contributed by atoms with Crippen LogP contribution in [0.2, 0.25) is 5.02 Å². The summed E-state index contributed by atoms with van der Waals surface area (Å²) in [6, 6.07) is 17.4. The first-order valence-corrected chi connectivity index (χ1v) is 7.95. The quantitative estimate of drug-likeness (QED) is 0.598. The molecule has 0 atom stereocenters. The largest absolute Gasteiger partial charge is 0.385 e. The van der Waals surface area contributed by atoms with Crippen LogP contribution in [-0.2, 0) is 0 Å². The molecule has 0 aliphatic carbocycles. The summed E-state index contributed by atoms with van der Waals surface area (Å²) in [7, 11) is 0. The normalized spacial score (nSPS) is 10.7. The van der Waals surface area contributed by atoms with Gasteiger partial charge in [-0.25, -0.2) is 0 Å². The molecule has 0 aliphatic heterocycles. The highest BCUT2D eigenvalue weighted by Crippen LogP contribution is 2.19. The average Bonchev–Trinajstić information content (AvgIpc) is 2.98. The molecule has 0 unspecified atom stereocenters. The highest BCUT2D eigenvalue weighted by Gasteiger charge is 2.08. The molecule has 118 valence electrons. The number of aromatic amines is 1. The number of nitrogens with one attached hydrogen (secondary N) is 3. The van der Waals surface area contributed by atoms with Gasteiger partial charge in [-0.15, -0.1) is 0 Å². The molecule has 1 aromatic heterocycles. The molecule has 1 heterocycles. The van der Waals surface area contributed by atoms with Crippen LogP contribution in [0.3, 0.4) is 0 Å². The van der Waals surface area contributed by atoms with Gasteiger partial charge in [0.25, 0.3) is 5.91 Å². The predicted octanol–water partition coefficient (Wildman–Crippen LogP) is 4.05. The summed E-state index contributed by atoms with van der Waals surface area (Å²) in [5.74, 6) is -0.1000. The summed E-state index contributed by atoms with van der Waals surface area (Å²) < 4.78 is 0. The summed E-state index contributed by atoms with van der Waals surface area (Å²) >= 11 is 5.95. The fourth-order valence-electron chi connectivity index (χ4n) is 2.40. The molecule has 0 spiro atoms. The zero-order chi connectivity index (χ0) is 16.1. The number of carbonyl (C=O) groups excluding carboxylic acids is 1. The molecule has 0 fully saturated rings. The van der Waals surface area contributed by atoms with Gasteiger partial charge in [-0.05, 0) is 36.8 Å². The van der Waals surface area contributed by atoms with Gasteiger partial charge in [-0.1, -0.05) is 35.9 Å². The summed E-state index contributed by atoms with van der Waals surface area (Å²) in [5, 5.41) is 7.86. The van der Waals surface area contributed by atoms with Gasteiger partial charge in [-0.3, -0.25) is 4.79 Å². The molecule has 3 rings (SSSR count). The summed E-state index contributed by atoms with van der Waals surface area (Å²) in [4.78, 5) is 15.2. The Morgan fingerprint density at radius 3 is 2.70 bits per heavy atom. The number of para-hydroxylation sites is 1. The zero-order valence-corrected chi connectivity index (χ0v) is 13.4. The third kappa shape index (κ3) is 4.05. The minimum Gasteiger partial charge on any atom is -0.385 e. The number of amides is 1. The van der Waals surface area contributed by atoms with Crippen molar-refractivity contribution < 1.29 is 4.79 Å². The van der Waals surface area contributed by atoms with Crippen LogP contribution < -0.4 is 10.6 Å². The Bertz CT molecular complexity index is 798. The molecule has 4 nitrogen and oxygen atoms in total. The second-order valence-electron chi connectivity index (χ2n) is 5.32. The van der Waals surface area contributed by atoms with Crippen LogP contribution in [0, 0.1) is 0 Å². The van der Waals surface area contributed by atoms with Gasteiger partial charge in [0.15, 0.2) is 0 Å². The molecule has 1 amide bonds. The van der Waals surface area contributed by atoms with E-state index in [2.05, 4.69) is 15.6 Å². The van der Waals surface area contributed by atoms with E-state index in [1.807, 2.05) is 54.6 Å². The molecule has 0 saturated carbocycles. The lowest BCUT2D eigenvalue weighted by Gasteiger charge is -2.06. The number of halogens is 1. The first kappa shape index (κ1) is 15.4. The maximum Gasteiger partial charge on any atom is 0.267 e. The number of fused-ring (bicyclic) bond motifs is 1. The predicted molar refractivity (Wildman–Crippen MR) is 95.2 cm³/mol. The van der Waals surface area contributed by atoms with Gasteiger partial charge >= 0.3 is 0 Å². The van der Waals surface area contributed by atoms with Crippen LogP contribution >= 0.6 is 11.6 Å². The van der Waals surface area contributed by atoms with E-state index in [0.29, 0.717) is 17.3 Å². The van der Waals surface area contributed by atoms with E-state index in [1.54, 1.807) is 0 Å². The Balaban J connectivity index is 1.47. The van der Waals surface area contributed by atoms with Gasteiger partial charge < -0.3 is 15.6 Å². The van der Waals surface area contributed by atoms with Crippen LogP contribution in [-0.4, -0.2) is 24.0 Å². The third-order valence-electron chi connectivity index (χ3n) is 3.57. The number of aromatic nitrogens is 1. The number of hydrogen-bond donors (Lipinski definition) is 3. The van der Waals surface area contributed by atoms with Crippen molar-refractivity contribution in [2.75, 3.05) is 18.4 Å². The molecule has 0 saturated heterocycles. The number of rotatable bonds is 6. The molecule has 2 aromatic carbocycles. The number of hydrogen-bond acceptors (Lipinski definition) is 2. The van der Waals surface area contributed by atoms with Gasteiger partial charge in [0.2, 0.25) is 0 Å². The fourth-order valence-corrected chi connectivity index (χ4v) is 2.57. The van der Waals surface area contributed by atoms with Crippen LogP contribution in [0.5, 0.6) is 0 Å². The van der Waals surface area contributed by atoms with E-state index in [-0.39, 0.29) is 5.91 Å². The second-order valence-corrected chi connectivity index (χ2v) is 5.75. The number of anilines is 1. The molecule has 3 N–H and O–H groups in total. The molecule has 23 heavy (non-hydrogen) atoms. The highest BCUT2D eigenvalue weighted by molar-refractivity contribution is 6.31. The van der Waals surface area contributed by atoms with Crippen LogP contribution in [0.25, 0.3) is 10.9 Å². The third-order valence-corrected chi connectivity index (χ3v) is 3.81. The van der Waals surface area contributed by atoms with E-state index in [4.69, 9.17) is 11.6 Å². The van der Waals surface area contributed by atoms with E-state index < -0.39 is 0 Å². The van der Waals surface area contributed by atoms with Crippen LogP contribution in [0.4, 0.5) is 5.69 Å². The molecule has 5 heteroatoms. The molecule has 0 bridgehead atoms. The molecule has 3 aromatic rings. The zero-order valence-electron chi connectivity index (χ0n) is 12.6. The van der Waals surface area contributed by atoms with E-state index >= 15 is 0 Å². The summed E-state index contributed by atoms with van der Waals surface area (Å²) in [5.41, 5.74) is 2.51. The first-order valence-electron chi connectivity index (χ1n) is 7.58. The van der Waals surface area contributed by atoms with Crippen molar-refractivity contribution in [3.05, 3.63) is 65.3 Å². The second kappa shape index (κ2) is 7.20. The minimum atomic E-state index is -0.1000. The Labute approximate surface area is 139 Å². The molecule has 0 aliphatic rings. The van der Waals surface area contributed by atoms with E-state index in [9.17, 15) is 4.79 Å². The highest BCUT2D eigenvalue weighted by atomic mass is 35.5. The summed E-state index contributed by atoms with van der Waals surface area (Å²) in [6.45, 7) is 1.43. The molecule has 0 radical (unpaired) electrons. The topological polar surface area (TPSA) is 56.9 Å². The lowest BCUT2D eigenvalue weighted by Crippen LogP contribution is -2.26. The van der Waals surface area contributed by atoms with Crippen molar-refractivity contribution in [3.8, 4) is 0 Å². The Morgan fingerprint density at radius 1 is 1.04 bits per heavy atom. The van der Waals surface area contributed by atoms with Gasteiger partial charge in [0, 0.05) is 34.7 Å². The summed E-state index contributed by atoms with van der Waals surface area (Å²) in [6.07, 6.45) is 0.854. The number of carbonyl (C=O) groups is 1. The number of benzene rings is 2. The van der Waals surface area contributed by atoms with Crippen molar-refractivity contribution in [2.45, 2.75) is 6.42 Å². The maximum atomic E-state index is 12.1. The van der Waals surface area contributed by atoms with Gasteiger partial charge in [0.1, 0.15) is 5.69 Å². The number of H-pyrrole nitrogens is 1. The monoisotopic (exact) mass is 327 g/mol. The van der Waals surface area contributed by atoms with E-state index in [0.717, 1.165) is 29.6 Å². The van der Waals surface area contributed by atoms with Crippen LogP contribution in [0.1, 0.15) is 16.9 Å². The van der Waals surface area contributed by atoms with Gasteiger partial charge in [-0.2, -0.15) is 0 Å². The Kier molecular flexibility index (Phi) is 4.83. The fraction of sp³-hybridized carbons (Fsp3) is 0.167. The van der Waals surface area contributed by atoms with Crippen molar-refractivity contribution in [2.24, 2.45) is 0 Å².